The van der Waals surface area contributed by atoms with Crippen LogP contribution < -0.4 is 0 Å². The van der Waals surface area contributed by atoms with E-state index in [1.807, 2.05) is 30.3 Å². The average molecular weight is 363 g/mol. The summed E-state index contributed by atoms with van der Waals surface area (Å²) >= 11 is 0. The Hall–Kier alpha value is -1.76. The van der Waals surface area contributed by atoms with E-state index in [4.69, 9.17) is 4.74 Å². The van der Waals surface area contributed by atoms with E-state index in [1.165, 1.54) is 22.5 Å². The highest BCUT2D eigenvalue weighted by atomic mass is 32.2. The summed E-state index contributed by atoms with van der Waals surface area (Å²) in [6, 6.07) is 15.1. The Kier molecular flexibility index (Phi) is 5.83. The zero-order valence-electron chi connectivity index (χ0n) is 14.0. The van der Waals surface area contributed by atoms with Gasteiger partial charge in [-0.15, -0.1) is 0 Å². The molecule has 25 heavy (non-hydrogen) atoms. The zero-order chi connectivity index (χ0) is 17.7. The van der Waals surface area contributed by atoms with E-state index in [2.05, 4.69) is 0 Å². The van der Waals surface area contributed by atoms with Crippen LogP contribution in [0.1, 0.15) is 18.4 Å². The third-order valence-corrected chi connectivity index (χ3v) is 6.24. The van der Waals surface area contributed by atoms with Crippen LogP contribution in [0.2, 0.25) is 0 Å². The van der Waals surface area contributed by atoms with Crippen LogP contribution in [0.25, 0.3) is 0 Å². The van der Waals surface area contributed by atoms with Crippen LogP contribution in [0, 0.1) is 11.7 Å². The van der Waals surface area contributed by atoms with Crippen molar-refractivity contribution in [2.75, 3.05) is 19.7 Å². The van der Waals surface area contributed by atoms with Crippen molar-refractivity contribution in [1.29, 1.82) is 0 Å². The summed E-state index contributed by atoms with van der Waals surface area (Å²) in [5.41, 5.74) is 1.10. The number of halogens is 1. The summed E-state index contributed by atoms with van der Waals surface area (Å²) in [6.45, 7) is 1.92. The topological polar surface area (TPSA) is 46.6 Å². The number of hydrogen-bond acceptors (Lipinski definition) is 3. The fourth-order valence-corrected chi connectivity index (χ4v) is 4.66. The van der Waals surface area contributed by atoms with Gasteiger partial charge in [0.25, 0.3) is 0 Å². The number of rotatable bonds is 6. The molecular weight excluding hydrogens is 341 g/mol. The van der Waals surface area contributed by atoms with Gasteiger partial charge >= 0.3 is 0 Å². The Morgan fingerprint density at radius 3 is 2.68 bits per heavy atom. The van der Waals surface area contributed by atoms with Crippen molar-refractivity contribution >= 4 is 10.0 Å². The lowest BCUT2D eigenvalue weighted by Crippen LogP contribution is -2.41. The molecule has 3 rings (SSSR count). The third kappa shape index (κ3) is 4.66. The first kappa shape index (κ1) is 18.0. The minimum absolute atomic E-state index is 0.0124. The van der Waals surface area contributed by atoms with Crippen molar-refractivity contribution in [1.82, 2.24) is 4.31 Å². The Labute approximate surface area is 148 Å². The van der Waals surface area contributed by atoms with E-state index in [0.717, 1.165) is 24.5 Å². The van der Waals surface area contributed by atoms with E-state index in [1.54, 1.807) is 0 Å². The molecule has 1 unspecified atom stereocenters. The molecule has 0 bridgehead atoms. The van der Waals surface area contributed by atoms with Crippen molar-refractivity contribution in [2.45, 2.75) is 24.3 Å². The summed E-state index contributed by atoms with van der Waals surface area (Å²) < 4.78 is 46.0. The second-order valence-electron chi connectivity index (χ2n) is 6.33. The maximum absolute atomic E-state index is 13.4. The van der Waals surface area contributed by atoms with Gasteiger partial charge in [0.1, 0.15) is 5.82 Å². The molecule has 1 fully saturated rings. The van der Waals surface area contributed by atoms with E-state index < -0.39 is 15.8 Å². The Morgan fingerprint density at radius 2 is 1.92 bits per heavy atom. The van der Waals surface area contributed by atoms with Crippen LogP contribution in [-0.4, -0.2) is 32.4 Å². The van der Waals surface area contributed by atoms with Crippen molar-refractivity contribution in [3.05, 3.63) is 66.0 Å². The molecule has 4 nitrogen and oxygen atoms in total. The van der Waals surface area contributed by atoms with Gasteiger partial charge in [0, 0.05) is 13.1 Å². The number of nitrogens with zero attached hydrogens (tertiary/aromatic N) is 1. The molecule has 1 heterocycles. The summed E-state index contributed by atoms with van der Waals surface area (Å²) in [5.74, 6) is -0.387. The fourth-order valence-electron chi connectivity index (χ4n) is 3.08. The number of piperidine rings is 1. The smallest absolute Gasteiger partial charge is 0.243 e. The van der Waals surface area contributed by atoms with E-state index in [-0.39, 0.29) is 10.8 Å². The van der Waals surface area contributed by atoms with Gasteiger partial charge in [-0.2, -0.15) is 4.31 Å². The minimum atomic E-state index is -3.66. The molecule has 0 radical (unpaired) electrons. The first-order chi connectivity index (χ1) is 12.1. The zero-order valence-corrected chi connectivity index (χ0v) is 14.8. The quantitative estimate of drug-likeness (QED) is 0.790. The molecule has 134 valence electrons. The first-order valence-electron chi connectivity index (χ1n) is 8.43. The van der Waals surface area contributed by atoms with Gasteiger partial charge < -0.3 is 4.74 Å². The molecule has 0 saturated carbocycles. The summed E-state index contributed by atoms with van der Waals surface area (Å²) in [4.78, 5) is 0.0124. The van der Waals surface area contributed by atoms with E-state index >= 15 is 0 Å². The van der Waals surface area contributed by atoms with Gasteiger partial charge in [0.15, 0.2) is 0 Å². The monoisotopic (exact) mass is 363 g/mol. The highest BCUT2D eigenvalue weighted by Crippen LogP contribution is 2.24. The lowest BCUT2D eigenvalue weighted by Gasteiger charge is -2.31. The van der Waals surface area contributed by atoms with Crippen LogP contribution in [0.5, 0.6) is 0 Å². The maximum Gasteiger partial charge on any atom is 0.243 e. The first-order valence-corrected chi connectivity index (χ1v) is 9.87. The molecule has 0 aliphatic carbocycles. The fraction of sp³-hybridized carbons (Fsp3) is 0.368. The normalized spacial score (nSPS) is 19.0. The molecule has 0 spiro atoms. The van der Waals surface area contributed by atoms with Crippen LogP contribution in [-0.2, 0) is 21.4 Å². The molecule has 0 amide bonds. The van der Waals surface area contributed by atoms with Gasteiger partial charge in [0.05, 0.1) is 18.1 Å². The van der Waals surface area contributed by atoms with Crippen LogP contribution >= 0.6 is 0 Å². The standard InChI is InChI=1S/C19H22FNO3S/c20-18-9-4-10-19(12-18)25(22,23)21-11-5-8-17(13-21)15-24-14-16-6-2-1-3-7-16/h1-4,6-7,9-10,12,17H,5,8,11,13-15H2. The number of benzene rings is 2. The number of sulfonamides is 1. The Morgan fingerprint density at radius 1 is 1.12 bits per heavy atom. The molecule has 2 aromatic rings. The Bertz CT molecular complexity index is 795. The highest BCUT2D eigenvalue weighted by molar-refractivity contribution is 7.89. The average Bonchev–Trinajstić information content (AvgIpc) is 2.63. The highest BCUT2D eigenvalue weighted by Gasteiger charge is 2.30. The molecule has 1 aliphatic rings. The van der Waals surface area contributed by atoms with Gasteiger partial charge in [-0.3, -0.25) is 0 Å². The minimum Gasteiger partial charge on any atom is -0.376 e. The van der Waals surface area contributed by atoms with Crippen LogP contribution in [0.4, 0.5) is 4.39 Å². The van der Waals surface area contributed by atoms with Crippen molar-refractivity contribution in [3.63, 3.8) is 0 Å². The molecule has 1 aliphatic heterocycles. The Balaban J connectivity index is 1.59. The van der Waals surface area contributed by atoms with Gasteiger partial charge in [0.2, 0.25) is 10.0 Å². The van der Waals surface area contributed by atoms with Gasteiger partial charge in [-0.25, -0.2) is 12.8 Å². The molecule has 1 saturated heterocycles. The second-order valence-corrected chi connectivity index (χ2v) is 8.27. The van der Waals surface area contributed by atoms with Crippen molar-refractivity contribution < 1.29 is 17.5 Å². The lowest BCUT2D eigenvalue weighted by atomic mass is 10.0. The molecule has 1 atom stereocenters. The number of hydrogen-bond donors (Lipinski definition) is 0. The SMILES string of the molecule is O=S(=O)(c1cccc(F)c1)N1CCCC(COCc2ccccc2)C1. The maximum atomic E-state index is 13.4. The van der Waals surface area contributed by atoms with Crippen molar-refractivity contribution in [3.8, 4) is 0 Å². The molecule has 6 heteroatoms. The van der Waals surface area contributed by atoms with E-state index in [0.29, 0.717) is 26.3 Å². The second kappa shape index (κ2) is 8.08. The molecule has 0 aromatic heterocycles. The summed E-state index contributed by atoms with van der Waals surface area (Å²) in [5, 5.41) is 0. The van der Waals surface area contributed by atoms with Crippen LogP contribution in [0.3, 0.4) is 0 Å². The summed E-state index contributed by atoms with van der Waals surface area (Å²) in [7, 11) is -3.66. The molecule has 0 N–H and O–H groups in total. The predicted octanol–water partition coefficient (Wildman–Crippen LogP) is 3.44. The number of ether oxygens (including phenoxy) is 1. The van der Waals surface area contributed by atoms with E-state index in [9.17, 15) is 12.8 Å². The largest absolute Gasteiger partial charge is 0.376 e. The van der Waals surface area contributed by atoms with Crippen LogP contribution in [0.15, 0.2) is 59.5 Å². The lowest BCUT2D eigenvalue weighted by molar-refractivity contribution is 0.0672. The predicted molar refractivity (Wildman–Crippen MR) is 94.0 cm³/mol. The summed E-state index contributed by atoms with van der Waals surface area (Å²) in [6.07, 6.45) is 1.72. The van der Waals surface area contributed by atoms with Gasteiger partial charge in [-0.05, 0) is 42.5 Å². The molecule has 2 aromatic carbocycles. The molecular formula is C19H22FNO3S. The van der Waals surface area contributed by atoms with Crippen molar-refractivity contribution in [2.24, 2.45) is 5.92 Å². The van der Waals surface area contributed by atoms with Gasteiger partial charge in [-0.1, -0.05) is 36.4 Å². The third-order valence-electron chi connectivity index (χ3n) is 4.38.